The second kappa shape index (κ2) is 8.45. The molecule has 3 aromatic rings. The van der Waals surface area contributed by atoms with Crippen molar-refractivity contribution in [3.8, 4) is 0 Å². The van der Waals surface area contributed by atoms with Gasteiger partial charge in [-0.3, -0.25) is 9.00 Å². The first-order chi connectivity index (χ1) is 13.6. The van der Waals surface area contributed by atoms with E-state index in [1.165, 1.54) is 11.1 Å². The fraction of sp³-hybridized carbons (Fsp3) is 0.227. The zero-order valence-electron chi connectivity index (χ0n) is 15.2. The van der Waals surface area contributed by atoms with E-state index in [1.54, 1.807) is 12.1 Å². The Hall–Kier alpha value is -2.18. The third-order valence-electron chi connectivity index (χ3n) is 4.91. The molecule has 0 aliphatic heterocycles. The van der Waals surface area contributed by atoms with E-state index in [2.05, 4.69) is 33.4 Å². The van der Waals surface area contributed by atoms with E-state index in [9.17, 15) is 9.00 Å². The summed E-state index contributed by atoms with van der Waals surface area (Å²) in [5, 5.41) is 3.08. The Kier molecular flexibility index (Phi) is 5.78. The van der Waals surface area contributed by atoms with E-state index >= 15 is 0 Å². The largest absolute Gasteiger partial charge is 0.455 e. The minimum absolute atomic E-state index is 0.00268. The van der Waals surface area contributed by atoms with E-state index in [1.807, 2.05) is 36.4 Å². The van der Waals surface area contributed by atoms with Crippen LogP contribution < -0.4 is 5.32 Å². The number of nitrogens with one attached hydrogen (secondary N) is 1. The SMILES string of the molecule is O=C(N[C@H]1CCCc2ccccc21)c1ccc(C[S@@](=O)c2ccc(Br)cc2)o1. The van der Waals surface area contributed by atoms with Gasteiger partial charge in [0.25, 0.3) is 5.91 Å². The topological polar surface area (TPSA) is 59.3 Å². The number of fused-ring (bicyclic) bond motifs is 1. The zero-order chi connectivity index (χ0) is 19.5. The van der Waals surface area contributed by atoms with E-state index in [0.29, 0.717) is 5.76 Å². The highest BCUT2D eigenvalue weighted by molar-refractivity contribution is 9.10. The van der Waals surface area contributed by atoms with Crippen molar-refractivity contribution in [3.63, 3.8) is 0 Å². The highest BCUT2D eigenvalue weighted by atomic mass is 79.9. The number of carbonyl (C=O) groups excluding carboxylic acids is 1. The number of furan rings is 1. The van der Waals surface area contributed by atoms with Crippen LogP contribution in [0.4, 0.5) is 0 Å². The van der Waals surface area contributed by atoms with E-state index in [4.69, 9.17) is 4.42 Å². The lowest BCUT2D eigenvalue weighted by atomic mass is 9.88. The molecule has 1 amide bonds. The van der Waals surface area contributed by atoms with E-state index in [0.717, 1.165) is 28.6 Å². The molecule has 0 fully saturated rings. The van der Waals surface area contributed by atoms with E-state index in [-0.39, 0.29) is 23.5 Å². The van der Waals surface area contributed by atoms with Gasteiger partial charge in [0.2, 0.25) is 0 Å². The summed E-state index contributed by atoms with van der Waals surface area (Å²) in [5.41, 5.74) is 2.48. The van der Waals surface area contributed by atoms with Crippen LogP contribution in [0.1, 0.15) is 46.3 Å². The quantitative estimate of drug-likeness (QED) is 0.575. The first-order valence-electron chi connectivity index (χ1n) is 9.21. The van der Waals surface area contributed by atoms with Gasteiger partial charge in [-0.2, -0.15) is 0 Å². The molecule has 6 heteroatoms. The summed E-state index contributed by atoms with van der Waals surface area (Å²) >= 11 is 3.37. The minimum atomic E-state index is -1.22. The molecule has 1 aliphatic rings. The molecule has 0 saturated heterocycles. The van der Waals surface area contributed by atoms with Gasteiger partial charge >= 0.3 is 0 Å². The smallest absolute Gasteiger partial charge is 0.287 e. The van der Waals surface area contributed by atoms with Gasteiger partial charge < -0.3 is 9.73 Å². The maximum absolute atomic E-state index is 12.6. The highest BCUT2D eigenvalue weighted by Gasteiger charge is 2.23. The molecule has 0 radical (unpaired) electrons. The molecule has 0 spiro atoms. The predicted octanol–water partition coefficient (Wildman–Crippen LogP) is 5.16. The normalized spacial score (nSPS) is 17.0. The summed E-state index contributed by atoms with van der Waals surface area (Å²) in [5.74, 6) is 0.796. The van der Waals surface area contributed by atoms with Gasteiger partial charge in [0.15, 0.2) is 5.76 Å². The Morgan fingerprint density at radius 3 is 2.71 bits per heavy atom. The van der Waals surface area contributed by atoms with Crippen molar-refractivity contribution >= 4 is 32.6 Å². The van der Waals surface area contributed by atoms with Crippen LogP contribution in [-0.2, 0) is 23.0 Å². The monoisotopic (exact) mass is 457 g/mol. The van der Waals surface area contributed by atoms with Gasteiger partial charge in [-0.1, -0.05) is 40.2 Å². The van der Waals surface area contributed by atoms with Crippen LogP contribution in [0.2, 0.25) is 0 Å². The van der Waals surface area contributed by atoms with Crippen LogP contribution in [0.25, 0.3) is 0 Å². The number of hydrogen-bond donors (Lipinski definition) is 1. The van der Waals surface area contributed by atoms with Crippen molar-refractivity contribution in [2.45, 2.75) is 36.0 Å². The Bertz CT molecular complexity index is 1010. The number of benzene rings is 2. The van der Waals surface area contributed by atoms with Gasteiger partial charge in [0, 0.05) is 9.37 Å². The second-order valence-corrected chi connectivity index (χ2v) is 9.19. The Morgan fingerprint density at radius 2 is 1.89 bits per heavy atom. The molecular weight excluding hydrogens is 438 g/mol. The Balaban J connectivity index is 1.42. The predicted molar refractivity (Wildman–Crippen MR) is 113 cm³/mol. The zero-order valence-corrected chi connectivity index (χ0v) is 17.6. The van der Waals surface area contributed by atoms with Crippen molar-refractivity contribution in [1.29, 1.82) is 0 Å². The lowest BCUT2D eigenvalue weighted by Crippen LogP contribution is -2.30. The fourth-order valence-corrected chi connectivity index (χ4v) is 4.79. The summed E-state index contributed by atoms with van der Waals surface area (Å²) in [6.45, 7) is 0. The number of amides is 1. The van der Waals surface area contributed by atoms with Crippen LogP contribution >= 0.6 is 15.9 Å². The molecule has 1 N–H and O–H groups in total. The average Bonchev–Trinajstić information content (AvgIpc) is 3.17. The van der Waals surface area contributed by atoms with Crippen LogP contribution in [0.3, 0.4) is 0 Å². The van der Waals surface area contributed by atoms with Gasteiger partial charge in [-0.05, 0) is 66.8 Å². The summed E-state index contributed by atoms with van der Waals surface area (Å²) in [7, 11) is -1.22. The van der Waals surface area contributed by atoms with Gasteiger partial charge in [-0.15, -0.1) is 0 Å². The van der Waals surface area contributed by atoms with Crippen LogP contribution in [-0.4, -0.2) is 10.1 Å². The summed E-state index contributed by atoms with van der Waals surface area (Å²) in [4.78, 5) is 13.4. The summed E-state index contributed by atoms with van der Waals surface area (Å²) in [6, 6.07) is 19.0. The number of carbonyl (C=O) groups is 1. The lowest BCUT2D eigenvalue weighted by molar-refractivity contribution is 0.0903. The molecule has 1 aromatic heterocycles. The highest BCUT2D eigenvalue weighted by Crippen LogP contribution is 2.29. The molecule has 28 heavy (non-hydrogen) atoms. The number of rotatable bonds is 5. The van der Waals surface area contributed by atoms with Crippen molar-refractivity contribution in [2.75, 3.05) is 0 Å². The Labute approximate surface area is 174 Å². The maximum atomic E-state index is 12.6. The second-order valence-electron chi connectivity index (χ2n) is 6.83. The van der Waals surface area contributed by atoms with Crippen LogP contribution in [0.5, 0.6) is 0 Å². The molecule has 144 valence electrons. The van der Waals surface area contributed by atoms with Gasteiger partial charge in [0.05, 0.1) is 22.6 Å². The van der Waals surface area contributed by atoms with E-state index < -0.39 is 10.8 Å². The van der Waals surface area contributed by atoms with Crippen molar-refractivity contribution in [1.82, 2.24) is 5.32 Å². The van der Waals surface area contributed by atoms with Gasteiger partial charge in [-0.25, -0.2) is 0 Å². The van der Waals surface area contributed by atoms with Crippen molar-refractivity contribution in [2.24, 2.45) is 0 Å². The van der Waals surface area contributed by atoms with Crippen molar-refractivity contribution < 1.29 is 13.4 Å². The third kappa shape index (κ3) is 4.28. The first kappa shape index (κ1) is 19.2. The summed E-state index contributed by atoms with van der Waals surface area (Å²) in [6.07, 6.45) is 3.02. The van der Waals surface area contributed by atoms with Crippen molar-refractivity contribution in [3.05, 3.63) is 87.8 Å². The molecule has 1 aliphatic carbocycles. The number of halogens is 1. The number of aryl methyl sites for hydroxylation is 1. The molecule has 4 nitrogen and oxygen atoms in total. The Morgan fingerprint density at radius 1 is 1.11 bits per heavy atom. The lowest BCUT2D eigenvalue weighted by Gasteiger charge is -2.25. The molecular formula is C22H20BrNO3S. The molecule has 0 saturated carbocycles. The minimum Gasteiger partial charge on any atom is -0.455 e. The first-order valence-corrected chi connectivity index (χ1v) is 11.3. The molecule has 1 heterocycles. The maximum Gasteiger partial charge on any atom is 0.287 e. The molecule has 2 atom stereocenters. The number of hydrogen-bond acceptors (Lipinski definition) is 3. The third-order valence-corrected chi connectivity index (χ3v) is 6.78. The molecule has 0 unspecified atom stereocenters. The molecule has 4 rings (SSSR count). The van der Waals surface area contributed by atoms with Crippen LogP contribution in [0, 0.1) is 0 Å². The standard InChI is InChI=1S/C22H20BrNO3S/c23-16-8-11-18(12-9-16)28(26)14-17-10-13-21(27-17)22(25)24-20-7-3-5-15-4-1-2-6-19(15)20/h1-2,4,6,8-13,20H,3,5,7,14H2,(H,24,25)/t20-,28+/m0/s1. The van der Waals surface area contributed by atoms with Gasteiger partial charge in [0.1, 0.15) is 5.76 Å². The average molecular weight is 458 g/mol. The van der Waals surface area contributed by atoms with Crippen LogP contribution in [0.15, 0.2) is 74.4 Å². The summed E-state index contributed by atoms with van der Waals surface area (Å²) < 4.78 is 19.1. The molecule has 0 bridgehead atoms. The molecule has 2 aromatic carbocycles. The fourth-order valence-electron chi connectivity index (χ4n) is 3.51.